The van der Waals surface area contributed by atoms with Gasteiger partial charge in [0.1, 0.15) is 0 Å². The molecule has 146 valence electrons. The molecule has 2 N–H and O–H groups in total. The van der Waals surface area contributed by atoms with Crippen molar-refractivity contribution in [1.29, 1.82) is 0 Å². The monoisotopic (exact) mass is 341 g/mol. The third kappa shape index (κ3) is 20.0. The molecule has 0 spiro atoms. The SMILES string of the molecule is CCCCCCC(O)CCCCCCCCCCCNCCCC. The zero-order chi connectivity index (χ0) is 17.7. The highest BCUT2D eigenvalue weighted by atomic mass is 16.3. The van der Waals surface area contributed by atoms with Gasteiger partial charge < -0.3 is 10.4 Å². The van der Waals surface area contributed by atoms with Gasteiger partial charge in [-0.15, -0.1) is 0 Å². The van der Waals surface area contributed by atoms with Crippen molar-refractivity contribution >= 4 is 0 Å². The summed E-state index contributed by atoms with van der Waals surface area (Å²) in [4.78, 5) is 0. The molecular weight excluding hydrogens is 294 g/mol. The van der Waals surface area contributed by atoms with Crippen LogP contribution in [0.1, 0.15) is 123 Å². The number of rotatable bonds is 20. The smallest absolute Gasteiger partial charge is 0.0540 e. The minimum atomic E-state index is -0.0345. The van der Waals surface area contributed by atoms with Crippen molar-refractivity contribution in [2.45, 2.75) is 129 Å². The fourth-order valence-electron chi connectivity index (χ4n) is 3.25. The molecule has 2 nitrogen and oxygen atoms in total. The van der Waals surface area contributed by atoms with E-state index in [1.54, 1.807) is 0 Å². The summed E-state index contributed by atoms with van der Waals surface area (Å²) in [6.45, 7) is 6.89. The van der Waals surface area contributed by atoms with Crippen molar-refractivity contribution in [2.24, 2.45) is 0 Å². The van der Waals surface area contributed by atoms with Crippen LogP contribution in [0.4, 0.5) is 0 Å². The van der Waals surface area contributed by atoms with E-state index in [2.05, 4.69) is 19.2 Å². The highest BCUT2D eigenvalue weighted by Gasteiger charge is 2.03. The maximum absolute atomic E-state index is 9.93. The molecule has 2 heteroatoms. The number of nitrogens with one attached hydrogen (secondary N) is 1. The van der Waals surface area contributed by atoms with Crippen LogP contribution in [0.25, 0.3) is 0 Å². The molecule has 0 saturated carbocycles. The van der Waals surface area contributed by atoms with Crippen LogP contribution < -0.4 is 5.32 Å². The van der Waals surface area contributed by atoms with Crippen molar-refractivity contribution in [3.8, 4) is 0 Å². The number of aliphatic hydroxyl groups is 1. The summed E-state index contributed by atoms with van der Waals surface area (Å²) in [5.74, 6) is 0. The van der Waals surface area contributed by atoms with Crippen molar-refractivity contribution < 1.29 is 5.11 Å². The molecule has 0 aliphatic rings. The van der Waals surface area contributed by atoms with Crippen molar-refractivity contribution in [3.63, 3.8) is 0 Å². The molecule has 0 heterocycles. The maximum atomic E-state index is 9.93. The predicted octanol–water partition coefficient (Wildman–Crippen LogP) is 6.61. The summed E-state index contributed by atoms with van der Waals surface area (Å²) in [7, 11) is 0. The molecule has 1 unspecified atom stereocenters. The Morgan fingerprint density at radius 1 is 0.542 bits per heavy atom. The Morgan fingerprint density at radius 3 is 1.50 bits per heavy atom. The second-order valence-electron chi connectivity index (χ2n) is 7.58. The van der Waals surface area contributed by atoms with Gasteiger partial charge in [0.15, 0.2) is 0 Å². The molecule has 0 bridgehead atoms. The van der Waals surface area contributed by atoms with Crippen LogP contribution in [-0.4, -0.2) is 24.3 Å². The highest BCUT2D eigenvalue weighted by Crippen LogP contribution is 2.14. The number of aliphatic hydroxyl groups excluding tert-OH is 1. The molecular formula is C22H47NO. The van der Waals surface area contributed by atoms with E-state index in [9.17, 15) is 5.11 Å². The fourth-order valence-corrected chi connectivity index (χ4v) is 3.25. The van der Waals surface area contributed by atoms with Gasteiger partial charge in [-0.2, -0.15) is 0 Å². The van der Waals surface area contributed by atoms with Gasteiger partial charge in [0.2, 0.25) is 0 Å². The molecule has 0 aromatic heterocycles. The molecule has 0 aliphatic carbocycles. The van der Waals surface area contributed by atoms with Crippen LogP contribution >= 0.6 is 0 Å². The third-order valence-electron chi connectivity index (χ3n) is 4.99. The molecule has 0 aromatic carbocycles. The summed E-state index contributed by atoms with van der Waals surface area (Å²) in [6, 6.07) is 0. The van der Waals surface area contributed by atoms with Crippen LogP contribution in [-0.2, 0) is 0 Å². The Kier molecular flexibility index (Phi) is 20.9. The van der Waals surface area contributed by atoms with E-state index in [0.29, 0.717) is 0 Å². The Hall–Kier alpha value is -0.0800. The Balaban J connectivity index is 3.06. The Morgan fingerprint density at radius 2 is 0.958 bits per heavy atom. The lowest BCUT2D eigenvalue weighted by atomic mass is 10.0. The van der Waals surface area contributed by atoms with Crippen LogP contribution in [0.5, 0.6) is 0 Å². The van der Waals surface area contributed by atoms with Gasteiger partial charge in [-0.3, -0.25) is 0 Å². The quantitative estimate of drug-likeness (QED) is 0.244. The van der Waals surface area contributed by atoms with Gasteiger partial charge in [-0.25, -0.2) is 0 Å². The lowest BCUT2D eigenvalue weighted by Crippen LogP contribution is -2.16. The summed E-state index contributed by atoms with van der Waals surface area (Å²) in [6.07, 6.45) is 22.0. The molecule has 0 saturated heterocycles. The van der Waals surface area contributed by atoms with Gasteiger partial charge in [0.05, 0.1) is 6.10 Å². The molecule has 0 aromatic rings. The van der Waals surface area contributed by atoms with E-state index >= 15 is 0 Å². The lowest BCUT2D eigenvalue weighted by molar-refractivity contribution is 0.147. The summed E-state index contributed by atoms with van der Waals surface area (Å²) >= 11 is 0. The Labute approximate surface area is 153 Å². The van der Waals surface area contributed by atoms with Crippen molar-refractivity contribution in [3.05, 3.63) is 0 Å². The summed E-state index contributed by atoms with van der Waals surface area (Å²) < 4.78 is 0. The summed E-state index contributed by atoms with van der Waals surface area (Å²) in [5.41, 5.74) is 0. The van der Waals surface area contributed by atoms with Crippen molar-refractivity contribution in [2.75, 3.05) is 13.1 Å². The number of hydrogen-bond donors (Lipinski definition) is 2. The first-order chi connectivity index (χ1) is 11.8. The second kappa shape index (κ2) is 21.0. The van der Waals surface area contributed by atoms with Gasteiger partial charge in [-0.1, -0.05) is 97.3 Å². The summed E-state index contributed by atoms with van der Waals surface area (Å²) in [5, 5.41) is 13.5. The first-order valence-electron chi connectivity index (χ1n) is 11.2. The van der Waals surface area contributed by atoms with E-state index in [4.69, 9.17) is 0 Å². The second-order valence-corrected chi connectivity index (χ2v) is 7.58. The molecule has 0 radical (unpaired) electrons. The van der Waals surface area contributed by atoms with Crippen molar-refractivity contribution in [1.82, 2.24) is 5.32 Å². The topological polar surface area (TPSA) is 32.3 Å². The van der Waals surface area contributed by atoms with E-state index in [-0.39, 0.29) is 6.10 Å². The molecule has 0 aliphatic heterocycles. The molecule has 0 fully saturated rings. The van der Waals surface area contributed by atoms with Crippen LogP contribution in [0, 0.1) is 0 Å². The largest absolute Gasteiger partial charge is 0.393 e. The minimum absolute atomic E-state index is 0.0345. The molecule has 1 atom stereocenters. The van der Waals surface area contributed by atoms with Gasteiger partial charge in [-0.05, 0) is 38.8 Å². The molecule has 0 amide bonds. The molecule has 0 rings (SSSR count). The van der Waals surface area contributed by atoms with Gasteiger partial charge >= 0.3 is 0 Å². The average molecular weight is 342 g/mol. The van der Waals surface area contributed by atoms with E-state index in [0.717, 1.165) is 12.8 Å². The first-order valence-corrected chi connectivity index (χ1v) is 11.2. The number of hydrogen-bond acceptors (Lipinski definition) is 2. The van der Waals surface area contributed by atoms with E-state index in [1.807, 2.05) is 0 Å². The number of unbranched alkanes of at least 4 members (excludes halogenated alkanes) is 12. The normalized spacial score (nSPS) is 12.6. The third-order valence-corrected chi connectivity index (χ3v) is 4.99. The maximum Gasteiger partial charge on any atom is 0.0540 e. The van der Waals surface area contributed by atoms with Gasteiger partial charge in [0.25, 0.3) is 0 Å². The Bertz CT molecular complexity index is 220. The average Bonchev–Trinajstić information content (AvgIpc) is 2.59. The van der Waals surface area contributed by atoms with Crippen LogP contribution in [0.2, 0.25) is 0 Å². The lowest BCUT2D eigenvalue weighted by Gasteiger charge is -2.10. The van der Waals surface area contributed by atoms with E-state index < -0.39 is 0 Å². The highest BCUT2D eigenvalue weighted by molar-refractivity contribution is 4.57. The fraction of sp³-hybridized carbons (Fsp3) is 1.00. The minimum Gasteiger partial charge on any atom is -0.393 e. The predicted molar refractivity (Wildman–Crippen MR) is 109 cm³/mol. The zero-order valence-corrected chi connectivity index (χ0v) is 17.0. The van der Waals surface area contributed by atoms with E-state index in [1.165, 1.54) is 109 Å². The first kappa shape index (κ1) is 23.9. The zero-order valence-electron chi connectivity index (χ0n) is 17.0. The molecule has 24 heavy (non-hydrogen) atoms. The van der Waals surface area contributed by atoms with Gasteiger partial charge in [0, 0.05) is 0 Å². The van der Waals surface area contributed by atoms with Crippen LogP contribution in [0.15, 0.2) is 0 Å². The van der Waals surface area contributed by atoms with Crippen LogP contribution in [0.3, 0.4) is 0 Å². The standard InChI is InChI=1S/C22H47NO/c1-3-5-7-15-18-22(24)19-16-13-11-9-8-10-12-14-17-21-23-20-6-4-2/h22-24H,3-21H2,1-2H3.